The molecule has 0 aromatic carbocycles. The molecule has 4 heteroatoms. The van der Waals surface area contributed by atoms with E-state index < -0.39 is 5.97 Å². The van der Waals surface area contributed by atoms with Crippen molar-refractivity contribution in [1.82, 2.24) is 4.98 Å². The molecular weight excluding hydrogens is 158 g/mol. The van der Waals surface area contributed by atoms with E-state index >= 15 is 0 Å². The van der Waals surface area contributed by atoms with Crippen LogP contribution in [0.3, 0.4) is 0 Å². The smallest absolute Gasteiger partial charge is 0.375 e. The number of methoxy groups -OCH3 is 1. The number of hydrogen-bond acceptors (Lipinski definition) is 4. The predicted octanol–water partition coefficient (Wildman–Crippen LogP) is 1.34. The maximum atomic E-state index is 11.1. The minimum absolute atomic E-state index is 0.264. The molecule has 0 saturated heterocycles. The number of rotatable bonds is 2. The number of nitrogens with zero attached hydrogens (tertiary/aromatic N) is 1. The van der Waals surface area contributed by atoms with Gasteiger partial charge in [0.1, 0.15) is 0 Å². The van der Waals surface area contributed by atoms with Crippen LogP contribution in [0, 0.1) is 0 Å². The van der Waals surface area contributed by atoms with Gasteiger partial charge in [0.2, 0.25) is 5.76 Å². The summed E-state index contributed by atoms with van der Waals surface area (Å²) in [5.41, 5.74) is 0.752. The zero-order valence-corrected chi connectivity index (χ0v) is 6.74. The predicted molar refractivity (Wildman–Crippen MR) is 39.8 cm³/mol. The van der Waals surface area contributed by atoms with Crippen molar-refractivity contribution >= 4 is 5.97 Å². The maximum Gasteiger partial charge on any atom is 0.375 e. The van der Waals surface area contributed by atoms with E-state index in [0.717, 1.165) is 18.5 Å². The van der Waals surface area contributed by atoms with E-state index in [2.05, 4.69) is 9.72 Å². The highest BCUT2D eigenvalue weighted by Gasteiger charge is 2.32. The molecule has 2 rings (SSSR count). The molecule has 0 atom stereocenters. The summed E-state index contributed by atoms with van der Waals surface area (Å²) in [6, 6.07) is 0. The van der Waals surface area contributed by atoms with Crippen molar-refractivity contribution in [3.63, 3.8) is 0 Å². The first-order chi connectivity index (χ1) is 5.83. The Balaban J connectivity index is 2.29. The normalized spacial score (nSPS) is 16.1. The molecule has 12 heavy (non-hydrogen) atoms. The summed E-state index contributed by atoms with van der Waals surface area (Å²) in [7, 11) is 1.33. The molecule has 0 bridgehead atoms. The van der Waals surface area contributed by atoms with Gasteiger partial charge in [-0.3, -0.25) is 0 Å². The quantitative estimate of drug-likeness (QED) is 0.623. The van der Waals surface area contributed by atoms with Crippen LogP contribution < -0.4 is 0 Å². The molecule has 1 aliphatic rings. The first kappa shape index (κ1) is 7.34. The molecule has 1 aromatic rings. The van der Waals surface area contributed by atoms with Gasteiger partial charge in [-0.1, -0.05) is 0 Å². The number of oxazole rings is 1. The summed E-state index contributed by atoms with van der Waals surface area (Å²) in [5, 5.41) is 0. The molecule has 0 amide bonds. The first-order valence-corrected chi connectivity index (χ1v) is 3.84. The third-order valence-electron chi connectivity index (χ3n) is 1.93. The highest BCUT2D eigenvalue weighted by molar-refractivity contribution is 5.87. The average molecular weight is 167 g/mol. The summed E-state index contributed by atoms with van der Waals surface area (Å²) >= 11 is 0. The second-order valence-corrected chi connectivity index (χ2v) is 2.83. The largest absolute Gasteiger partial charge is 0.463 e. The second-order valence-electron chi connectivity index (χ2n) is 2.83. The summed E-state index contributed by atoms with van der Waals surface area (Å²) in [4.78, 5) is 15.1. The lowest BCUT2D eigenvalue weighted by Crippen LogP contribution is -2.02. The van der Waals surface area contributed by atoms with Crippen LogP contribution in [0.2, 0.25) is 0 Å². The lowest BCUT2D eigenvalue weighted by Gasteiger charge is -1.95. The number of hydrogen-bond donors (Lipinski definition) is 0. The molecule has 0 N–H and O–H groups in total. The van der Waals surface area contributed by atoms with Gasteiger partial charge >= 0.3 is 5.97 Å². The van der Waals surface area contributed by atoms with Crippen molar-refractivity contribution in [2.45, 2.75) is 18.8 Å². The van der Waals surface area contributed by atoms with Gasteiger partial charge in [0.05, 0.1) is 12.8 Å². The third kappa shape index (κ3) is 1.09. The Labute approximate surface area is 69.5 Å². The van der Waals surface area contributed by atoms with Crippen LogP contribution in [0.25, 0.3) is 0 Å². The van der Waals surface area contributed by atoms with E-state index in [1.54, 1.807) is 0 Å². The Bertz CT molecular complexity index is 301. The molecule has 1 aromatic heterocycles. The molecular formula is C8H9NO3. The van der Waals surface area contributed by atoms with Gasteiger partial charge in [-0.15, -0.1) is 0 Å². The molecule has 64 valence electrons. The molecule has 1 saturated carbocycles. The van der Waals surface area contributed by atoms with E-state index in [0.29, 0.717) is 5.92 Å². The van der Waals surface area contributed by atoms with E-state index in [4.69, 9.17) is 4.42 Å². The van der Waals surface area contributed by atoms with Crippen molar-refractivity contribution in [3.05, 3.63) is 17.8 Å². The fraction of sp³-hybridized carbons (Fsp3) is 0.500. The third-order valence-corrected chi connectivity index (χ3v) is 1.93. The van der Waals surface area contributed by atoms with Gasteiger partial charge in [0, 0.05) is 5.92 Å². The van der Waals surface area contributed by atoms with Crippen molar-refractivity contribution in [1.29, 1.82) is 0 Å². The number of ether oxygens (including phenoxy) is 1. The van der Waals surface area contributed by atoms with E-state index in [1.807, 2.05) is 0 Å². The van der Waals surface area contributed by atoms with Gasteiger partial charge < -0.3 is 9.15 Å². The van der Waals surface area contributed by atoms with Gasteiger partial charge in [0.25, 0.3) is 0 Å². The van der Waals surface area contributed by atoms with Crippen molar-refractivity contribution < 1.29 is 13.9 Å². The van der Waals surface area contributed by atoms with Crippen LogP contribution >= 0.6 is 0 Å². The number of carbonyl (C=O) groups excluding carboxylic acids is 1. The maximum absolute atomic E-state index is 11.1. The Morgan fingerprint density at radius 1 is 1.75 bits per heavy atom. The molecule has 1 aliphatic carbocycles. The van der Waals surface area contributed by atoms with Gasteiger partial charge in [0.15, 0.2) is 6.39 Å². The SMILES string of the molecule is COC(=O)c1ocnc1C1CC1. The van der Waals surface area contributed by atoms with Gasteiger partial charge in [-0.05, 0) is 12.8 Å². The van der Waals surface area contributed by atoms with E-state index in [1.165, 1.54) is 13.5 Å². The molecule has 0 aliphatic heterocycles. The zero-order chi connectivity index (χ0) is 8.55. The minimum atomic E-state index is -0.436. The van der Waals surface area contributed by atoms with E-state index in [-0.39, 0.29) is 5.76 Å². The summed E-state index contributed by atoms with van der Waals surface area (Å²) in [5.74, 6) is 0.243. The minimum Gasteiger partial charge on any atom is -0.463 e. The van der Waals surface area contributed by atoms with Crippen LogP contribution in [-0.2, 0) is 4.74 Å². The standard InChI is InChI=1S/C8H9NO3/c1-11-8(10)7-6(5-2-3-5)9-4-12-7/h4-5H,2-3H2,1H3. The van der Waals surface area contributed by atoms with Crippen molar-refractivity contribution in [3.8, 4) is 0 Å². The summed E-state index contributed by atoms with van der Waals surface area (Å²) in [6.45, 7) is 0. The van der Waals surface area contributed by atoms with E-state index in [9.17, 15) is 4.79 Å². The summed E-state index contributed by atoms with van der Waals surface area (Å²) in [6.07, 6.45) is 3.48. The molecule has 1 fully saturated rings. The lowest BCUT2D eigenvalue weighted by molar-refractivity contribution is 0.0563. The summed E-state index contributed by atoms with van der Waals surface area (Å²) < 4.78 is 9.47. The van der Waals surface area contributed by atoms with Crippen LogP contribution in [-0.4, -0.2) is 18.1 Å². The zero-order valence-electron chi connectivity index (χ0n) is 6.74. The van der Waals surface area contributed by atoms with Crippen LogP contribution in [0.5, 0.6) is 0 Å². The number of aromatic nitrogens is 1. The molecule has 1 heterocycles. The Morgan fingerprint density at radius 2 is 2.50 bits per heavy atom. The van der Waals surface area contributed by atoms with Crippen LogP contribution in [0.1, 0.15) is 35.0 Å². The number of carbonyl (C=O) groups is 1. The molecule has 0 unspecified atom stereocenters. The van der Waals surface area contributed by atoms with Crippen molar-refractivity contribution in [2.24, 2.45) is 0 Å². The highest BCUT2D eigenvalue weighted by atomic mass is 16.5. The fourth-order valence-electron chi connectivity index (χ4n) is 1.15. The number of esters is 1. The lowest BCUT2D eigenvalue weighted by atomic mass is 10.2. The second kappa shape index (κ2) is 2.62. The monoisotopic (exact) mass is 167 g/mol. The Morgan fingerprint density at radius 3 is 3.08 bits per heavy atom. The molecule has 0 spiro atoms. The van der Waals surface area contributed by atoms with Crippen LogP contribution in [0.15, 0.2) is 10.8 Å². The fourth-order valence-corrected chi connectivity index (χ4v) is 1.15. The highest BCUT2D eigenvalue weighted by Crippen LogP contribution is 2.40. The topological polar surface area (TPSA) is 52.3 Å². The molecule has 0 radical (unpaired) electrons. The van der Waals surface area contributed by atoms with Crippen molar-refractivity contribution in [2.75, 3.05) is 7.11 Å². The van der Waals surface area contributed by atoms with Crippen LogP contribution in [0.4, 0.5) is 0 Å². The van der Waals surface area contributed by atoms with Gasteiger partial charge in [-0.25, -0.2) is 9.78 Å². The Kier molecular flexibility index (Phi) is 1.60. The first-order valence-electron chi connectivity index (χ1n) is 3.84. The molecule has 4 nitrogen and oxygen atoms in total. The average Bonchev–Trinajstić information content (AvgIpc) is 2.83. The Hall–Kier alpha value is -1.32. The van der Waals surface area contributed by atoms with Gasteiger partial charge in [-0.2, -0.15) is 0 Å².